The molecule has 0 spiro atoms. The van der Waals surface area contributed by atoms with Crippen LogP contribution in [0.2, 0.25) is 0 Å². The van der Waals surface area contributed by atoms with E-state index < -0.39 is 5.82 Å². The maximum atomic E-state index is 13.1. The molecule has 0 unspecified atom stereocenters. The smallest absolute Gasteiger partial charge is 0.312 e. The molecule has 5 heteroatoms. The lowest BCUT2D eigenvalue weighted by Gasteiger charge is -2.16. The Bertz CT molecular complexity index is 499. The van der Waals surface area contributed by atoms with Crippen molar-refractivity contribution in [2.75, 3.05) is 11.4 Å². The number of nitrogens with zero attached hydrogens (tertiary/aromatic N) is 2. The van der Waals surface area contributed by atoms with Crippen molar-refractivity contribution in [2.45, 2.75) is 18.9 Å². The molecule has 1 aromatic carbocycles. The number of imide groups is 1. The van der Waals surface area contributed by atoms with Gasteiger partial charge in [-0.3, -0.25) is 4.79 Å². The van der Waals surface area contributed by atoms with Crippen LogP contribution in [0, 0.1) is 5.82 Å². The van der Waals surface area contributed by atoms with Gasteiger partial charge in [0.05, 0.1) is 5.69 Å². The van der Waals surface area contributed by atoms with Gasteiger partial charge in [0.2, 0.25) is 0 Å². The fraction of sp³-hybridized carbons (Fsp3) is 0.333. The van der Waals surface area contributed by atoms with Crippen LogP contribution in [-0.4, -0.2) is 29.4 Å². The second-order valence-corrected chi connectivity index (χ2v) is 4.35. The van der Waals surface area contributed by atoms with Gasteiger partial charge in [0, 0.05) is 6.04 Å². The molecule has 0 N–H and O–H groups in total. The normalized spacial score (nSPS) is 20.3. The lowest BCUT2D eigenvalue weighted by molar-refractivity contribution is -0.116. The highest BCUT2D eigenvalue weighted by Gasteiger charge is 2.44. The fourth-order valence-electron chi connectivity index (χ4n) is 2.06. The van der Waals surface area contributed by atoms with Crippen molar-refractivity contribution in [3.63, 3.8) is 0 Å². The quantitative estimate of drug-likeness (QED) is 0.731. The van der Waals surface area contributed by atoms with Crippen LogP contribution in [0.1, 0.15) is 12.8 Å². The molecular formula is C12H11FN2O2. The van der Waals surface area contributed by atoms with Crippen molar-refractivity contribution < 1.29 is 14.0 Å². The maximum absolute atomic E-state index is 13.1. The van der Waals surface area contributed by atoms with Crippen LogP contribution in [0.4, 0.5) is 14.9 Å². The minimum Gasteiger partial charge on any atom is -0.312 e. The Hall–Kier alpha value is -1.91. The van der Waals surface area contributed by atoms with E-state index in [0.29, 0.717) is 5.69 Å². The molecule has 2 aliphatic rings. The molecule has 1 aliphatic heterocycles. The molecule has 0 radical (unpaired) electrons. The van der Waals surface area contributed by atoms with E-state index in [2.05, 4.69) is 0 Å². The first kappa shape index (κ1) is 10.3. The Balaban J connectivity index is 1.92. The molecular weight excluding hydrogens is 223 g/mol. The standard InChI is InChI=1S/C12H11FN2O2/c13-8-2-1-3-10(6-8)15-11(16)7-14(12(15)17)9-4-5-9/h1-3,6,9H,4-5,7H2. The Morgan fingerprint density at radius 2 is 2.00 bits per heavy atom. The summed E-state index contributed by atoms with van der Waals surface area (Å²) in [6, 6.07) is 5.41. The SMILES string of the molecule is O=C1CN(C2CC2)C(=O)N1c1cccc(F)c1. The van der Waals surface area contributed by atoms with E-state index in [-0.39, 0.29) is 24.5 Å². The Labute approximate surface area is 97.6 Å². The van der Waals surface area contributed by atoms with Crippen LogP contribution in [0.25, 0.3) is 0 Å². The van der Waals surface area contributed by atoms with E-state index in [0.717, 1.165) is 17.7 Å². The number of hydrogen-bond acceptors (Lipinski definition) is 2. The summed E-state index contributed by atoms with van der Waals surface area (Å²) in [5.41, 5.74) is 0.308. The molecule has 0 aromatic heterocycles. The Morgan fingerprint density at radius 3 is 2.65 bits per heavy atom. The first-order valence-electron chi connectivity index (χ1n) is 5.56. The van der Waals surface area contributed by atoms with Crippen LogP contribution in [-0.2, 0) is 4.79 Å². The second-order valence-electron chi connectivity index (χ2n) is 4.35. The topological polar surface area (TPSA) is 40.6 Å². The first-order chi connectivity index (χ1) is 8.16. The van der Waals surface area contributed by atoms with Gasteiger partial charge in [0.1, 0.15) is 12.4 Å². The first-order valence-corrected chi connectivity index (χ1v) is 5.56. The highest BCUT2D eigenvalue weighted by molar-refractivity contribution is 6.19. The number of urea groups is 1. The van der Waals surface area contributed by atoms with Gasteiger partial charge in [0.15, 0.2) is 0 Å². The zero-order valence-corrected chi connectivity index (χ0v) is 9.10. The van der Waals surface area contributed by atoms with Gasteiger partial charge in [-0.15, -0.1) is 0 Å². The van der Waals surface area contributed by atoms with E-state index in [1.165, 1.54) is 18.2 Å². The molecule has 1 aromatic rings. The zero-order valence-electron chi connectivity index (χ0n) is 9.10. The molecule has 0 bridgehead atoms. The van der Waals surface area contributed by atoms with Crippen LogP contribution in [0.3, 0.4) is 0 Å². The molecule has 88 valence electrons. The number of anilines is 1. The van der Waals surface area contributed by atoms with Crippen LogP contribution in [0.15, 0.2) is 24.3 Å². The van der Waals surface area contributed by atoms with Gasteiger partial charge in [-0.05, 0) is 31.0 Å². The highest BCUT2D eigenvalue weighted by Crippen LogP contribution is 2.32. The molecule has 1 saturated heterocycles. The third kappa shape index (κ3) is 1.67. The van der Waals surface area contributed by atoms with E-state index in [1.54, 1.807) is 11.0 Å². The second kappa shape index (κ2) is 3.55. The van der Waals surface area contributed by atoms with Crippen molar-refractivity contribution in [3.05, 3.63) is 30.1 Å². The summed E-state index contributed by atoms with van der Waals surface area (Å²) in [6.45, 7) is 0.111. The molecule has 2 fully saturated rings. The molecule has 1 saturated carbocycles. The van der Waals surface area contributed by atoms with Gasteiger partial charge in [-0.1, -0.05) is 6.07 Å². The van der Waals surface area contributed by atoms with Crippen LogP contribution < -0.4 is 4.90 Å². The van der Waals surface area contributed by atoms with Crippen LogP contribution in [0.5, 0.6) is 0 Å². The van der Waals surface area contributed by atoms with E-state index >= 15 is 0 Å². The van der Waals surface area contributed by atoms with Crippen molar-refractivity contribution >= 4 is 17.6 Å². The van der Waals surface area contributed by atoms with Gasteiger partial charge in [-0.25, -0.2) is 14.1 Å². The van der Waals surface area contributed by atoms with Crippen molar-refractivity contribution in [3.8, 4) is 0 Å². The summed E-state index contributed by atoms with van der Waals surface area (Å²) < 4.78 is 13.1. The third-order valence-electron chi connectivity index (χ3n) is 3.05. The maximum Gasteiger partial charge on any atom is 0.332 e. The molecule has 3 amide bonds. The predicted octanol–water partition coefficient (Wildman–Crippen LogP) is 1.76. The minimum atomic E-state index is -0.451. The zero-order chi connectivity index (χ0) is 12.0. The molecule has 17 heavy (non-hydrogen) atoms. The van der Waals surface area contributed by atoms with Gasteiger partial charge in [0.25, 0.3) is 5.91 Å². The average molecular weight is 234 g/mol. The average Bonchev–Trinajstić information content (AvgIpc) is 3.06. The number of halogens is 1. The summed E-state index contributed by atoms with van der Waals surface area (Å²) in [4.78, 5) is 26.4. The molecule has 1 aliphatic carbocycles. The number of benzene rings is 1. The predicted molar refractivity (Wildman–Crippen MR) is 59.0 cm³/mol. The van der Waals surface area contributed by atoms with E-state index in [4.69, 9.17) is 0 Å². The fourth-order valence-corrected chi connectivity index (χ4v) is 2.06. The number of carbonyl (C=O) groups excluding carboxylic acids is 2. The number of hydrogen-bond donors (Lipinski definition) is 0. The Kier molecular flexibility index (Phi) is 2.14. The van der Waals surface area contributed by atoms with Gasteiger partial charge >= 0.3 is 6.03 Å². The molecule has 3 rings (SSSR count). The summed E-state index contributed by atoms with van der Waals surface area (Å²) in [6.07, 6.45) is 1.91. The van der Waals surface area contributed by atoms with Crippen molar-refractivity contribution in [1.82, 2.24) is 4.90 Å². The molecule has 0 atom stereocenters. The number of amides is 3. The summed E-state index contributed by atoms with van der Waals surface area (Å²) in [5, 5.41) is 0. The van der Waals surface area contributed by atoms with Gasteiger partial charge < -0.3 is 4.90 Å². The number of rotatable bonds is 2. The van der Waals surface area contributed by atoms with E-state index in [9.17, 15) is 14.0 Å². The largest absolute Gasteiger partial charge is 0.332 e. The van der Waals surface area contributed by atoms with Crippen molar-refractivity contribution in [1.29, 1.82) is 0 Å². The highest BCUT2D eigenvalue weighted by atomic mass is 19.1. The summed E-state index contributed by atoms with van der Waals surface area (Å²) in [7, 11) is 0. The molecule has 4 nitrogen and oxygen atoms in total. The van der Waals surface area contributed by atoms with Gasteiger partial charge in [-0.2, -0.15) is 0 Å². The summed E-state index contributed by atoms with van der Waals surface area (Å²) in [5.74, 6) is -0.736. The van der Waals surface area contributed by atoms with Crippen molar-refractivity contribution in [2.24, 2.45) is 0 Å². The monoisotopic (exact) mass is 234 g/mol. The minimum absolute atomic E-state index is 0.111. The summed E-state index contributed by atoms with van der Waals surface area (Å²) >= 11 is 0. The van der Waals surface area contributed by atoms with Crippen LogP contribution >= 0.6 is 0 Å². The third-order valence-corrected chi connectivity index (χ3v) is 3.05. The van der Waals surface area contributed by atoms with E-state index in [1.807, 2.05) is 0 Å². The lowest BCUT2D eigenvalue weighted by atomic mass is 10.3. The number of carbonyl (C=O) groups is 2. The lowest BCUT2D eigenvalue weighted by Crippen LogP contribution is -2.34. The Morgan fingerprint density at radius 1 is 1.24 bits per heavy atom. The molecule has 1 heterocycles.